The van der Waals surface area contributed by atoms with Crippen molar-refractivity contribution in [2.24, 2.45) is 11.8 Å². The predicted molar refractivity (Wildman–Crippen MR) is 81.8 cm³/mol. The maximum Gasteiger partial charge on any atom is 0.137 e. The fourth-order valence-electron chi connectivity index (χ4n) is 4.07. The minimum absolute atomic E-state index is 0.176. The number of benzene rings is 1. The molecule has 4 atom stereocenters. The summed E-state index contributed by atoms with van der Waals surface area (Å²) in [5.74, 6) is 1.77. The van der Waals surface area contributed by atoms with Crippen LogP contribution in [0.25, 0.3) is 0 Å². The molecule has 1 N–H and O–H groups in total. The molecule has 108 valence electrons. The van der Waals surface area contributed by atoms with Gasteiger partial charge in [0.25, 0.3) is 0 Å². The van der Waals surface area contributed by atoms with Crippen LogP contribution in [0.2, 0.25) is 0 Å². The van der Waals surface area contributed by atoms with E-state index in [-0.39, 0.29) is 5.92 Å². The van der Waals surface area contributed by atoms with Crippen LogP contribution in [0.15, 0.2) is 24.3 Å². The Morgan fingerprint density at radius 3 is 2.60 bits per heavy atom. The van der Waals surface area contributed by atoms with Crippen molar-refractivity contribution >= 4 is 5.78 Å². The molecule has 1 saturated carbocycles. The molecule has 0 aromatic heterocycles. The number of Topliss-reactive ketones (excluding diaryl/α,β-unsaturated/α-hetero) is 1. The van der Waals surface area contributed by atoms with Gasteiger partial charge in [0.2, 0.25) is 0 Å². The number of aryl methyl sites for hydroxylation is 1. The zero-order chi connectivity index (χ0) is 14.1. The second-order valence-corrected chi connectivity index (χ2v) is 6.56. The number of hydrogen-bond acceptors (Lipinski definition) is 2. The molecule has 2 saturated heterocycles. The van der Waals surface area contributed by atoms with Crippen LogP contribution in [-0.2, 0) is 4.79 Å². The first-order valence-corrected chi connectivity index (χ1v) is 8.01. The highest BCUT2D eigenvalue weighted by Crippen LogP contribution is 2.42. The van der Waals surface area contributed by atoms with Gasteiger partial charge in [0.05, 0.1) is 0 Å². The molecular formula is C18H25NO. The zero-order valence-corrected chi connectivity index (χ0v) is 12.6. The van der Waals surface area contributed by atoms with E-state index < -0.39 is 0 Å². The van der Waals surface area contributed by atoms with Crippen molar-refractivity contribution in [1.82, 2.24) is 5.32 Å². The largest absolute Gasteiger partial charge is 0.313 e. The lowest BCUT2D eigenvalue weighted by atomic mass is 9.77. The number of piperidine rings is 1. The molecule has 20 heavy (non-hydrogen) atoms. The molecule has 4 rings (SSSR count). The maximum absolute atomic E-state index is 12.5. The van der Waals surface area contributed by atoms with Crippen molar-refractivity contribution in [3.63, 3.8) is 0 Å². The minimum atomic E-state index is 0.176. The molecule has 1 aliphatic carbocycles. The smallest absolute Gasteiger partial charge is 0.137 e. The van der Waals surface area contributed by atoms with Gasteiger partial charge >= 0.3 is 0 Å². The Labute approximate surface area is 122 Å². The molecule has 0 spiro atoms. The summed E-state index contributed by atoms with van der Waals surface area (Å²) < 4.78 is 0. The average molecular weight is 271 g/mol. The Kier molecular flexibility index (Phi) is 3.93. The summed E-state index contributed by atoms with van der Waals surface area (Å²) in [7, 11) is 0. The van der Waals surface area contributed by atoms with Crippen molar-refractivity contribution in [2.45, 2.75) is 51.5 Å². The summed E-state index contributed by atoms with van der Waals surface area (Å²) in [5, 5.41) is 3.64. The summed E-state index contributed by atoms with van der Waals surface area (Å²) in [5.41, 5.74) is 2.66. The second-order valence-electron chi connectivity index (χ2n) is 6.56. The third-order valence-corrected chi connectivity index (χ3v) is 5.23. The van der Waals surface area contributed by atoms with E-state index in [9.17, 15) is 4.79 Å². The predicted octanol–water partition coefficient (Wildman–Crippen LogP) is 3.45. The summed E-state index contributed by atoms with van der Waals surface area (Å²) in [4.78, 5) is 12.5. The third kappa shape index (κ3) is 2.54. The standard InChI is InChI=1S/C18H25NO/c1-3-17(20)18-15(14-7-4-12(2)5-8-14)10-13-6-9-16(18)19-11-13/h4-5,7-8,13,15-16,18-19H,3,6,9-11H2,1-2H3/t13?,15-,16?,18+/m1/s1. The van der Waals surface area contributed by atoms with Gasteiger partial charge in [-0.1, -0.05) is 36.8 Å². The Hall–Kier alpha value is -1.15. The van der Waals surface area contributed by atoms with Gasteiger partial charge < -0.3 is 5.32 Å². The summed E-state index contributed by atoms with van der Waals surface area (Å²) >= 11 is 0. The van der Waals surface area contributed by atoms with E-state index in [1.807, 2.05) is 6.92 Å². The lowest BCUT2D eigenvalue weighted by Gasteiger charge is -2.30. The first kappa shape index (κ1) is 13.8. The summed E-state index contributed by atoms with van der Waals surface area (Å²) in [6.07, 6.45) is 4.29. The van der Waals surface area contributed by atoms with Crippen LogP contribution in [0.5, 0.6) is 0 Å². The topological polar surface area (TPSA) is 29.1 Å². The lowest BCUT2D eigenvalue weighted by Crippen LogP contribution is -2.43. The normalized spacial score (nSPS) is 32.9. The van der Waals surface area contributed by atoms with Crippen LogP contribution in [0, 0.1) is 18.8 Å². The number of carbonyl (C=O) groups excluding carboxylic acids is 1. The van der Waals surface area contributed by atoms with Crippen LogP contribution in [0.4, 0.5) is 0 Å². The monoisotopic (exact) mass is 271 g/mol. The molecule has 2 unspecified atom stereocenters. The van der Waals surface area contributed by atoms with Gasteiger partial charge in [-0.15, -0.1) is 0 Å². The maximum atomic E-state index is 12.5. The molecule has 3 aliphatic rings. The molecule has 2 heteroatoms. The van der Waals surface area contributed by atoms with E-state index in [0.717, 1.165) is 12.5 Å². The molecule has 2 heterocycles. The molecule has 0 amide bonds. The van der Waals surface area contributed by atoms with E-state index in [1.165, 1.54) is 30.4 Å². The quantitative estimate of drug-likeness (QED) is 0.912. The van der Waals surface area contributed by atoms with Gasteiger partial charge in [0.1, 0.15) is 5.78 Å². The molecule has 3 fully saturated rings. The lowest BCUT2D eigenvalue weighted by molar-refractivity contribution is -0.124. The highest BCUT2D eigenvalue weighted by molar-refractivity contribution is 5.82. The van der Waals surface area contributed by atoms with Crippen molar-refractivity contribution < 1.29 is 4.79 Å². The summed E-state index contributed by atoms with van der Waals surface area (Å²) in [6, 6.07) is 9.24. The molecule has 2 aliphatic heterocycles. The van der Waals surface area contributed by atoms with Crippen LogP contribution in [0.1, 0.15) is 49.7 Å². The molecule has 2 bridgehead atoms. The Morgan fingerprint density at radius 2 is 2.00 bits per heavy atom. The van der Waals surface area contributed by atoms with Crippen molar-refractivity contribution in [2.75, 3.05) is 6.54 Å². The third-order valence-electron chi connectivity index (χ3n) is 5.23. The van der Waals surface area contributed by atoms with Gasteiger partial charge in [-0.3, -0.25) is 4.79 Å². The molecule has 1 aromatic carbocycles. The number of fused-ring (bicyclic) bond motifs is 4. The highest BCUT2D eigenvalue weighted by Gasteiger charge is 2.41. The molecular weight excluding hydrogens is 246 g/mol. The van der Waals surface area contributed by atoms with E-state index >= 15 is 0 Å². The van der Waals surface area contributed by atoms with E-state index in [1.54, 1.807) is 0 Å². The van der Waals surface area contributed by atoms with Crippen molar-refractivity contribution in [3.8, 4) is 0 Å². The van der Waals surface area contributed by atoms with Gasteiger partial charge in [-0.25, -0.2) is 0 Å². The van der Waals surface area contributed by atoms with Gasteiger partial charge in [-0.2, -0.15) is 0 Å². The Bertz CT molecular complexity index is 471. The van der Waals surface area contributed by atoms with Gasteiger partial charge in [0, 0.05) is 18.4 Å². The van der Waals surface area contributed by atoms with Crippen LogP contribution in [-0.4, -0.2) is 18.4 Å². The van der Waals surface area contributed by atoms with Crippen molar-refractivity contribution in [1.29, 1.82) is 0 Å². The number of hydrogen-bond donors (Lipinski definition) is 1. The average Bonchev–Trinajstić information content (AvgIpc) is 2.77. The number of carbonyl (C=O) groups is 1. The number of ketones is 1. The van der Waals surface area contributed by atoms with Gasteiger partial charge in [-0.05, 0) is 50.1 Å². The number of rotatable bonds is 3. The fraction of sp³-hybridized carbons (Fsp3) is 0.611. The Morgan fingerprint density at radius 1 is 1.25 bits per heavy atom. The second kappa shape index (κ2) is 5.69. The molecule has 0 radical (unpaired) electrons. The Balaban J connectivity index is 1.96. The van der Waals surface area contributed by atoms with Crippen LogP contribution in [0.3, 0.4) is 0 Å². The minimum Gasteiger partial charge on any atom is -0.313 e. The van der Waals surface area contributed by atoms with Crippen LogP contribution < -0.4 is 5.32 Å². The SMILES string of the molecule is CCC(=O)[C@@H]1C2CCC(CN2)C[C@@H]1c1ccc(C)cc1. The van der Waals surface area contributed by atoms with Crippen molar-refractivity contribution in [3.05, 3.63) is 35.4 Å². The van der Waals surface area contributed by atoms with E-state index in [2.05, 4.69) is 36.5 Å². The molecule has 1 aromatic rings. The zero-order valence-electron chi connectivity index (χ0n) is 12.6. The highest BCUT2D eigenvalue weighted by atomic mass is 16.1. The van der Waals surface area contributed by atoms with Gasteiger partial charge in [0.15, 0.2) is 0 Å². The van der Waals surface area contributed by atoms with E-state index in [0.29, 0.717) is 24.2 Å². The first-order valence-electron chi connectivity index (χ1n) is 8.01. The summed E-state index contributed by atoms with van der Waals surface area (Å²) in [6.45, 7) is 5.23. The fourth-order valence-corrected chi connectivity index (χ4v) is 4.07. The number of nitrogens with one attached hydrogen (secondary N) is 1. The van der Waals surface area contributed by atoms with E-state index in [4.69, 9.17) is 0 Å². The van der Waals surface area contributed by atoms with Crippen LogP contribution >= 0.6 is 0 Å². The first-order chi connectivity index (χ1) is 9.69. The molecule has 2 nitrogen and oxygen atoms in total.